The molecule has 0 saturated carbocycles. The number of rotatable bonds is 8. The SMILES string of the molecule is COc1cc(NC(=O)c2ccco2)c(C(=O)OCC(=O)Nc2cccc3nsnc23)cc1OC. The molecule has 0 bridgehead atoms. The average Bonchev–Trinajstić information content (AvgIpc) is 3.55. The van der Waals surface area contributed by atoms with Gasteiger partial charge in [0.15, 0.2) is 23.9 Å². The van der Waals surface area contributed by atoms with Crippen molar-refractivity contribution in [2.45, 2.75) is 0 Å². The second-order valence-electron chi connectivity index (χ2n) is 6.75. The lowest BCUT2D eigenvalue weighted by atomic mass is 10.1. The van der Waals surface area contributed by atoms with Crippen LogP contribution in [0.2, 0.25) is 0 Å². The third-order valence-corrected chi connectivity index (χ3v) is 5.17. The summed E-state index contributed by atoms with van der Waals surface area (Å²) in [5.74, 6) is -1.47. The Morgan fingerprint density at radius 2 is 1.76 bits per heavy atom. The molecule has 2 N–H and O–H groups in total. The van der Waals surface area contributed by atoms with Crippen LogP contribution in [0.4, 0.5) is 11.4 Å². The summed E-state index contributed by atoms with van der Waals surface area (Å²) in [6.07, 6.45) is 1.35. The second-order valence-corrected chi connectivity index (χ2v) is 7.27. The van der Waals surface area contributed by atoms with Crippen LogP contribution in [-0.2, 0) is 9.53 Å². The molecule has 2 heterocycles. The first-order valence-corrected chi connectivity index (χ1v) is 10.5. The maximum atomic E-state index is 12.8. The van der Waals surface area contributed by atoms with Crippen LogP contribution in [0.25, 0.3) is 11.0 Å². The van der Waals surface area contributed by atoms with Crippen molar-refractivity contribution in [1.82, 2.24) is 8.75 Å². The van der Waals surface area contributed by atoms with E-state index in [2.05, 4.69) is 19.4 Å². The number of fused-ring (bicyclic) bond motifs is 1. The Morgan fingerprint density at radius 3 is 2.50 bits per heavy atom. The summed E-state index contributed by atoms with van der Waals surface area (Å²) < 4.78 is 29.0. The lowest BCUT2D eigenvalue weighted by molar-refractivity contribution is -0.119. The summed E-state index contributed by atoms with van der Waals surface area (Å²) in [6.45, 7) is -0.577. The molecule has 2 amide bonds. The number of carbonyl (C=O) groups is 3. The number of anilines is 2. The van der Waals surface area contributed by atoms with E-state index in [1.165, 1.54) is 38.7 Å². The highest BCUT2D eigenvalue weighted by Gasteiger charge is 2.22. The van der Waals surface area contributed by atoms with Gasteiger partial charge < -0.3 is 29.3 Å². The summed E-state index contributed by atoms with van der Waals surface area (Å²) in [6, 6.07) is 10.9. The predicted octanol–water partition coefficient (Wildman–Crippen LogP) is 3.35. The Balaban J connectivity index is 1.51. The normalized spacial score (nSPS) is 10.5. The van der Waals surface area contributed by atoms with Crippen LogP contribution in [-0.4, -0.2) is 47.4 Å². The molecule has 11 nitrogen and oxygen atoms in total. The number of nitrogens with one attached hydrogen (secondary N) is 2. The number of ether oxygens (including phenoxy) is 3. The fourth-order valence-electron chi connectivity index (χ4n) is 3.05. The standard InChI is InChI=1S/C22H18N4O7S/c1-30-17-9-12(15(10-18(17)31-2)24-21(28)16-7-4-8-32-16)22(29)33-11-19(27)23-13-5-3-6-14-20(13)26-34-25-14/h3-10H,11H2,1-2H3,(H,23,27)(H,24,28). The molecule has 0 spiro atoms. The van der Waals surface area contributed by atoms with E-state index in [0.717, 1.165) is 11.7 Å². The van der Waals surface area contributed by atoms with Gasteiger partial charge in [0.05, 0.1) is 49.1 Å². The molecule has 2 aromatic heterocycles. The molecule has 0 saturated heterocycles. The molecule has 0 fully saturated rings. The van der Waals surface area contributed by atoms with Crippen LogP contribution < -0.4 is 20.1 Å². The molecule has 4 rings (SSSR count). The number of benzene rings is 2. The van der Waals surface area contributed by atoms with Gasteiger partial charge in [-0.05, 0) is 24.3 Å². The number of esters is 1. The molecule has 0 atom stereocenters. The van der Waals surface area contributed by atoms with Gasteiger partial charge in [-0.3, -0.25) is 9.59 Å². The fourth-order valence-corrected chi connectivity index (χ4v) is 3.59. The minimum absolute atomic E-state index is 0.0409. The van der Waals surface area contributed by atoms with Crippen LogP contribution in [0, 0.1) is 0 Å². The van der Waals surface area contributed by atoms with Crippen molar-refractivity contribution in [3.05, 3.63) is 60.1 Å². The van der Waals surface area contributed by atoms with Crippen LogP contribution in [0.5, 0.6) is 11.5 Å². The molecule has 0 aliphatic heterocycles. The summed E-state index contributed by atoms with van der Waals surface area (Å²) in [5.41, 5.74) is 1.67. The molecule has 2 aromatic carbocycles. The monoisotopic (exact) mass is 482 g/mol. The van der Waals surface area contributed by atoms with Crippen molar-refractivity contribution in [2.75, 3.05) is 31.5 Å². The number of methoxy groups -OCH3 is 2. The lowest BCUT2D eigenvalue weighted by Gasteiger charge is -2.15. The molecule has 34 heavy (non-hydrogen) atoms. The molecular formula is C22H18N4O7S. The average molecular weight is 482 g/mol. The first-order chi connectivity index (χ1) is 16.5. The van der Waals surface area contributed by atoms with Crippen molar-refractivity contribution in [1.29, 1.82) is 0 Å². The van der Waals surface area contributed by atoms with Crippen LogP contribution in [0.1, 0.15) is 20.9 Å². The molecule has 12 heteroatoms. The van der Waals surface area contributed by atoms with E-state index < -0.39 is 24.4 Å². The highest BCUT2D eigenvalue weighted by Crippen LogP contribution is 2.34. The van der Waals surface area contributed by atoms with Gasteiger partial charge in [0.2, 0.25) is 0 Å². The molecule has 4 aromatic rings. The van der Waals surface area contributed by atoms with E-state index in [4.69, 9.17) is 18.6 Å². The molecular weight excluding hydrogens is 464 g/mol. The zero-order chi connectivity index (χ0) is 24.1. The second kappa shape index (κ2) is 10.0. The van der Waals surface area contributed by atoms with Crippen LogP contribution in [0.15, 0.2) is 53.1 Å². The first-order valence-electron chi connectivity index (χ1n) is 9.79. The lowest BCUT2D eigenvalue weighted by Crippen LogP contribution is -2.22. The highest BCUT2D eigenvalue weighted by molar-refractivity contribution is 7.00. The van der Waals surface area contributed by atoms with Gasteiger partial charge in [-0.1, -0.05) is 6.07 Å². The zero-order valence-electron chi connectivity index (χ0n) is 18.0. The van der Waals surface area contributed by atoms with Gasteiger partial charge in [0.25, 0.3) is 11.8 Å². The Bertz CT molecular complexity index is 1350. The Kier molecular flexibility index (Phi) is 6.69. The Morgan fingerprint density at radius 1 is 0.971 bits per heavy atom. The van der Waals surface area contributed by atoms with Crippen molar-refractivity contribution >= 4 is 51.9 Å². The van der Waals surface area contributed by atoms with E-state index >= 15 is 0 Å². The van der Waals surface area contributed by atoms with E-state index in [0.29, 0.717) is 16.7 Å². The quantitative estimate of drug-likeness (QED) is 0.362. The number of carbonyl (C=O) groups excluding carboxylic acids is 3. The van der Waals surface area contributed by atoms with E-state index in [-0.39, 0.29) is 28.5 Å². The largest absolute Gasteiger partial charge is 0.493 e. The highest BCUT2D eigenvalue weighted by atomic mass is 32.1. The number of hydrogen-bond acceptors (Lipinski definition) is 10. The maximum absolute atomic E-state index is 12.8. The fraction of sp³-hybridized carbons (Fsp3) is 0.136. The van der Waals surface area contributed by atoms with Crippen LogP contribution in [0.3, 0.4) is 0 Å². The van der Waals surface area contributed by atoms with Gasteiger partial charge in [0.1, 0.15) is 11.0 Å². The number of furan rings is 1. The molecule has 0 aliphatic rings. The minimum Gasteiger partial charge on any atom is -0.493 e. The van der Waals surface area contributed by atoms with E-state index in [1.807, 2.05) is 0 Å². The Labute approximate surface area is 196 Å². The van der Waals surface area contributed by atoms with Crippen molar-refractivity contribution in [3.8, 4) is 11.5 Å². The number of amides is 2. The Hall–Kier alpha value is -4.45. The predicted molar refractivity (Wildman–Crippen MR) is 123 cm³/mol. The van der Waals surface area contributed by atoms with Crippen molar-refractivity contribution in [2.24, 2.45) is 0 Å². The summed E-state index contributed by atoms with van der Waals surface area (Å²) in [5, 5.41) is 5.23. The van der Waals surface area contributed by atoms with Crippen molar-refractivity contribution in [3.63, 3.8) is 0 Å². The topological polar surface area (TPSA) is 142 Å². The van der Waals surface area contributed by atoms with Gasteiger partial charge in [-0.2, -0.15) is 8.75 Å². The number of hydrogen-bond donors (Lipinski definition) is 2. The minimum atomic E-state index is -0.862. The summed E-state index contributed by atoms with van der Waals surface area (Å²) in [4.78, 5) is 37.7. The molecule has 0 radical (unpaired) electrons. The van der Waals surface area contributed by atoms with Gasteiger partial charge in [0, 0.05) is 12.1 Å². The smallest absolute Gasteiger partial charge is 0.340 e. The molecule has 0 aliphatic carbocycles. The molecule has 174 valence electrons. The third-order valence-electron chi connectivity index (χ3n) is 4.63. The van der Waals surface area contributed by atoms with E-state index in [9.17, 15) is 14.4 Å². The van der Waals surface area contributed by atoms with Crippen LogP contribution >= 0.6 is 11.7 Å². The number of aromatic nitrogens is 2. The van der Waals surface area contributed by atoms with Gasteiger partial charge in [-0.25, -0.2) is 4.79 Å². The van der Waals surface area contributed by atoms with Gasteiger partial charge >= 0.3 is 5.97 Å². The third kappa shape index (κ3) is 4.81. The maximum Gasteiger partial charge on any atom is 0.340 e. The van der Waals surface area contributed by atoms with Gasteiger partial charge in [-0.15, -0.1) is 0 Å². The number of nitrogens with zero attached hydrogens (tertiary/aromatic N) is 2. The summed E-state index contributed by atoms with van der Waals surface area (Å²) in [7, 11) is 2.81. The first kappa shape index (κ1) is 22.7. The molecule has 0 unspecified atom stereocenters. The van der Waals surface area contributed by atoms with Crippen molar-refractivity contribution < 1.29 is 33.0 Å². The summed E-state index contributed by atoms with van der Waals surface area (Å²) >= 11 is 1.02. The van der Waals surface area contributed by atoms with E-state index in [1.54, 1.807) is 24.3 Å². The zero-order valence-corrected chi connectivity index (χ0v) is 18.8.